The van der Waals surface area contributed by atoms with Crippen molar-refractivity contribution in [1.29, 1.82) is 0 Å². The molecule has 19 heavy (non-hydrogen) atoms. The van der Waals surface area contributed by atoms with Crippen molar-refractivity contribution in [3.63, 3.8) is 0 Å². The van der Waals surface area contributed by atoms with E-state index in [-0.39, 0.29) is 23.3 Å². The van der Waals surface area contributed by atoms with Crippen LogP contribution in [0.2, 0.25) is 5.02 Å². The van der Waals surface area contributed by atoms with E-state index >= 15 is 0 Å². The fraction of sp³-hybridized carbons (Fsp3) is 0.455. The first-order chi connectivity index (χ1) is 8.48. The number of hydrogen-bond donors (Lipinski definition) is 1. The second-order valence-corrected chi connectivity index (χ2v) is 7.26. The molecule has 2 N–H and O–H groups in total. The number of sulfonamides is 1. The van der Waals surface area contributed by atoms with Crippen molar-refractivity contribution in [3.05, 3.63) is 27.7 Å². The maximum atomic E-state index is 12.6. The smallest absolute Gasteiger partial charge is 0.244 e. The van der Waals surface area contributed by atoms with Crippen LogP contribution in [0, 0.1) is 0 Å². The van der Waals surface area contributed by atoms with Crippen LogP contribution in [-0.2, 0) is 10.0 Å². The summed E-state index contributed by atoms with van der Waals surface area (Å²) < 4.78 is 27.0. The molecule has 1 atom stereocenters. The van der Waals surface area contributed by atoms with Crippen LogP contribution in [0.1, 0.15) is 12.8 Å². The van der Waals surface area contributed by atoms with E-state index in [0.717, 1.165) is 12.8 Å². The number of nitrogens with two attached hydrogens (primary N) is 1. The molecule has 1 fully saturated rings. The molecule has 0 aromatic heterocycles. The Bertz CT molecular complexity index is 554. The Morgan fingerprint density at radius 2 is 2.16 bits per heavy atom. The van der Waals surface area contributed by atoms with Crippen molar-refractivity contribution in [2.24, 2.45) is 5.73 Å². The second kappa shape index (κ2) is 6.74. The SMILES string of the molecule is Cl.NCC1CCCN1S(=O)(=O)c1cccc(Cl)c1Br. The lowest BCUT2D eigenvalue weighted by molar-refractivity contribution is 0.393. The molecule has 2 rings (SSSR count). The summed E-state index contributed by atoms with van der Waals surface area (Å²) in [6.07, 6.45) is 1.66. The Labute approximate surface area is 132 Å². The molecule has 8 heteroatoms. The van der Waals surface area contributed by atoms with Crippen LogP contribution < -0.4 is 5.73 Å². The van der Waals surface area contributed by atoms with Gasteiger partial charge in [0, 0.05) is 19.1 Å². The first kappa shape index (κ1) is 17.2. The maximum Gasteiger partial charge on any atom is 0.244 e. The first-order valence-corrected chi connectivity index (χ1v) is 8.25. The number of rotatable bonds is 3. The molecule has 1 aliphatic heterocycles. The Hall–Kier alpha value is 0.150. The third kappa shape index (κ3) is 3.25. The van der Waals surface area contributed by atoms with E-state index in [4.69, 9.17) is 17.3 Å². The molecular weight excluding hydrogens is 375 g/mol. The molecule has 1 aliphatic rings. The van der Waals surface area contributed by atoms with Crippen molar-refractivity contribution in [2.75, 3.05) is 13.1 Å². The quantitative estimate of drug-likeness (QED) is 0.864. The highest BCUT2D eigenvalue weighted by atomic mass is 79.9. The molecule has 0 radical (unpaired) electrons. The van der Waals surface area contributed by atoms with E-state index < -0.39 is 10.0 Å². The highest BCUT2D eigenvalue weighted by Gasteiger charge is 2.35. The standard InChI is InChI=1S/C11H14BrClN2O2S.ClH/c12-11-9(13)4-1-5-10(11)18(16,17)15-6-2-3-8(15)7-14;/h1,4-5,8H,2-3,6-7,14H2;1H. The van der Waals surface area contributed by atoms with E-state index in [0.29, 0.717) is 22.6 Å². The van der Waals surface area contributed by atoms with Gasteiger partial charge in [0.25, 0.3) is 0 Å². The molecule has 1 unspecified atom stereocenters. The molecule has 0 spiro atoms. The number of benzene rings is 1. The zero-order valence-electron chi connectivity index (χ0n) is 10.1. The summed E-state index contributed by atoms with van der Waals surface area (Å²) in [4.78, 5) is 0.204. The summed E-state index contributed by atoms with van der Waals surface area (Å²) in [7, 11) is -3.53. The molecule has 1 heterocycles. The molecule has 0 amide bonds. The molecule has 0 bridgehead atoms. The molecule has 1 saturated heterocycles. The molecule has 1 aromatic carbocycles. The summed E-state index contributed by atoms with van der Waals surface area (Å²) in [5.74, 6) is 0. The van der Waals surface area contributed by atoms with Gasteiger partial charge >= 0.3 is 0 Å². The van der Waals surface area contributed by atoms with Gasteiger partial charge in [0.15, 0.2) is 0 Å². The van der Waals surface area contributed by atoms with Gasteiger partial charge in [-0.2, -0.15) is 4.31 Å². The predicted molar refractivity (Wildman–Crippen MR) is 82.4 cm³/mol. The zero-order chi connectivity index (χ0) is 13.3. The average Bonchev–Trinajstić information content (AvgIpc) is 2.81. The minimum Gasteiger partial charge on any atom is -0.329 e. The molecule has 108 valence electrons. The van der Waals surface area contributed by atoms with E-state index in [2.05, 4.69) is 15.9 Å². The Balaban J connectivity index is 0.00000180. The van der Waals surface area contributed by atoms with Crippen LogP contribution >= 0.6 is 39.9 Å². The van der Waals surface area contributed by atoms with E-state index in [1.165, 1.54) is 4.31 Å². The van der Waals surface area contributed by atoms with E-state index in [1.807, 2.05) is 0 Å². The fourth-order valence-corrected chi connectivity index (χ4v) is 5.07. The first-order valence-electron chi connectivity index (χ1n) is 5.64. The van der Waals surface area contributed by atoms with Crippen LogP contribution in [0.25, 0.3) is 0 Å². The fourth-order valence-electron chi connectivity index (χ4n) is 2.17. The Morgan fingerprint density at radius 1 is 1.47 bits per heavy atom. The minimum absolute atomic E-state index is 0. The highest BCUT2D eigenvalue weighted by molar-refractivity contribution is 9.10. The summed E-state index contributed by atoms with van der Waals surface area (Å²) in [6, 6.07) is 4.72. The lowest BCUT2D eigenvalue weighted by Gasteiger charge is -2.23. The van der Waals surface area contributed by atoms with Crippen LogP contribution in [0.5, 0.6) is 0 Å². The lowest BCUT2D eigenvalue weighted by Crippen LogP contribution is -2.39. The average molecular weight is 390 g/mol. The van der Waals surface area contributed by atoms with Crippen molar-refractivity contribution in [3.8, 4) is 0 Å². The lowest BCUT2D eigenvalue weighted by atomic mass is 10.2. The van der Waals surface area contributed by atoms with Crippen LogP contribution in [0.4, 0.5) is 0 Å². The molecule has 4 nitrogen and oxygen atoms in total. The number of hydrogen-bond acceptors (Lipinski definition) is 3. The van der Waals surface area contributed by atoms with Gasteiger partial charge in [0.2, 0.25) is 10.0 Å². The summed E-state index contributed by atoms with van der Waals surface area (Å²) in [5.41, 5.74) is 5.62. The highest BCUT2D eigenvalue weighted by Crippen LogP contribution is 2.33. The van der Waals surface area contributed by atoms with Gasteiger partial charge in [0.05, 0.1) is 14.4 Å². The van der Waals surface area contributed by atoms with Gasteiger partial charge < -0.3 is 5.73 Å². The predicted octanol–water partition coefficient (Wildman–Crippen LogP) is 2.64. The zero-order valence-corrected chi connectivity index (χ0v) is 14.0. The summed E-state index contributed by atoms with van der Waals surface area (Å²) in [5, 5.41) is 0.388. The molecule has 0 saturated carbocycles. The molecule has 1 aromatic rings. The number of halogens is 3. The molecular formula is C11H15BrCl2N2O2S. The van der Waals surface area contributed by atoms with E-state index in [1.54, 1.807) is 18.2 Å². The van der Waals surface area contributed by atoms with Crippen molar-refractivity contribution >= 4 is 50.0 Å². The van der Waals surface area contributed by atoms with Crippen molar-refractivity contribution < 1.29 is 8.42 Å². The van der Waals surface area contributed by atoms with Gasteiger partial charge in [-0.3, -0.25) is 0 Å². The van der Waals surface area contributed by atoms with Gasteiger partial charge in [-0.25, -0.2) is 8.42 Å². The topological polar surface area (TPSA) is 63.4 Å². The summed E-state index contributed by atoms with van der Waals surface area (Å²) in [6.45, 7) is 0.862. The van der Waals surface area contributed by atoms with Crippen molar-refractivity contribution in [2.45, 2.75) is 23.8 Å². The van der Waals surface area contributed by atoms with Gasteiger partial charge in [0.1, 0.15) is 0 Å². The summed E-state index contributed by atoms with van der Waals surface area (Å²) >= 11 is 9.18. The van der Waals surface area contributed by atoms with Gasteiger partial charge in [-0.15, -0.1) is 12.4 Å². The third-order valence-electron chi connectivity index (χ3n) is 3.10. The van der Waals surface area contributed by atoms with Crippen molar-refractivity contribution in [1.82, 2.24) is 4.31 Å². The third-order valence-corrected chi connectivity index (χ3v) is 6.75. The normalized spacial score (nSPS) is 20.3. The van der Waals surface area contributed by atoms with E-state index in [9.17, 15) is 8.42 Å². The Morgan fingerprint density at radius 3 is 2.79 bits per heavy atom. The Kier molecular flexibility index (Phi) is 6.10. The molecule has 0 aliphatic carbocycles. The minimum atomic E-state index is -3.53. The van der Waals surface area contributed by atoms with Gasteiger partial charge in [-0.05, 0) is 40.9 Å². The van der Waals surface area contributed by atoms with Crippen LogP contribution in [0.15, 0.2) is 27.6 Å². The largest absolute Gasteiger partial charge is 0.329 e. The maximum absolute atomic E-state index is 12.6. The number of nitrogens with zero attached hydrogens (tertiary/aromatic N) is 1. The van der Waals surface area contributed by atoms with Gasteiger partial charge in [-0.1, -0.05) is 17.7 Å². The van der Waals surface area contributed by atoms with Crippen LogP contribution in [-0.4, -0.2) is 31.9 Å². The monoisotopic (exact) mass is 388 g/mol. The van der Waals surface area contributed by atoms with Crippen LogP contribution in [0.3, 0.4) is 0 Å². The second-order valence-electron chi connectivity index (χ2n) is 4.20.